The fraction of sp³-hybridized carbons (Fsp3) is 0.838. The van der Waals surface area contributed by atoms with Crippen molar-refractivity contribution in [2.24, 2.45) is 45.8 Å². The molecule has 0 amide bonds. The number of esters is 3. The first-order valence-electron chi connectivity index (χ1n) is 17.9. The van der Waals surface area contributed by atoms with E-state index in [0.29, 0.717) is 38.9 Å². The van der Waals surface area contributed by atoms with Gasteiger partial charge in [0.05, 0.1) is 31.3 Å². The molecule has 12 heteroatoms. The zero-order chi connectivity index (χ0) is 36.3. The second-order valence-electron chi connectivity index (χ2n) is 15.5. The van der Waals surface area contributed by atoms with Crippen molar-refractivity contribution in [2.75, 3.05) is 26.9 Å². The fourth-order valence-electron chi connectivity index (χ4n) is 11.7. The Morgan fingerprint density at radius 1 is 1.04 bits per heavy atom. The fourth-order valence-corrected chi connectivity index (χ4v) is 11.7. The molecule has 2 aliphatic heterocycles. The molecule has 0 aromatic rings. The minimum absolute atomic E-state index is 0.0205. The van der Waals surface area contributed by atoms with E-state index >= 15 is 0 Å². The number of hydrogen-bond acceptors (Lipinski definition) is 12. The van der Waals surface area contributed by atoms with Gasteiger partial charge in [0.25, 0.3) is 0 Å². The van der Waals surface area contributed by atoms with Crippen LogP contribution in [0.5, 0.6) is 0 Å². The van der Waals surface area contributed by atoms with Gasteiger partial charge in [0.2, 0.25) is 5.60 Å². The Kier molecular flexibility index (Phi) is 10.1. The summed E-state index contributed by atoms with van der Waals surface area (Å²) >= 11 is 0. The summed E-state index contributed by atoms with van der Waals surface area (Å²) in [6, 6.07) is 0. The van der Waals surface area contributed by atoms with Crippen molar-refractivity contribution in [3.63, 3.8) is 0 Å². The van der Waals surface area contributed by atoms with E-state index in [1.165, 1.54) is 27.0 Å². The van der Waals surface area contributed by atoms with Gasteiger partial charge in [-0.25, -0.2) is 9.59 Å². The number of ether oxygens (including phenoxy) is 7. The molecule has 4 aliphatic carbocycles. The summed E-state index contributed by atoms with van der Waals surface area (Å²) in [7, 11) is 1.28. The Labute approximate surface area is 289 Å². The maximum Gasteiger partial charge on any atom is 0.508 e. The third-order valence-electron chi connectivity index (χ3n) is 13.7. The minimum Gasteiger partial charge on any atom is -0.467 e. The Hall–Kier alpha value is -2.70. The van der Waals surface area contributed by atoms with E-state index in [9.17, 15) is 24.3 Å². The van der Waals surface area contributed by atoms with E-state index in [1.807, 2.05) is 27.7 Å². The smallest absolute Gasteiger partial charge is 0.467 e. The Bertz CT molecular complexity index is 1330. The van der Waals surface area contributed by atoms with Crippen LogP contribution in [0, 0.1) is 45.8 Å². The van der Waals surface area contributed by atoms with Crippen molar-refractivity contribution in [3.8, 4) is 0 Å². The lowest BCUT2D eigenvalue weighted by atomic mass is 9.36. The van der Waals surface area contributed by atoms with Crippen molar-refractivity contribution in [1.82, 2.24) is 0 Å². The van der Waals surface area contributed by atoms with Gasteiger partial charge in [-0.05, 0) is 75.0 Å². The van der Waals surface area contributed by atoms with Gasteiger partial charge < -0.3 is 38.3 Å². The van der Waals surface area contributed by atoms with Crippen molar-refractivity contribution < 1.29 is 57.4 Å². The number of rotatable bonds is 7. The van der Waals surface area contributed by atoms with Gasteiger partial charge in [-0.2, -0.15) is 0 Å². The lowest BCUT2D eigenvalue weighted by molar-refractivity contribution is -0.313. The number of hydrogen-bond donors (Lipinski definition) is 1. The molecule has 6 rings (SSSR count). The minimum atomic E-state index is -1.58. The van der Waals surface area contributed by atoms with Crippen molar-refractivity contribution in [1.29, 1.82) is 0 Å². The Balaban J connectivity index is 0.00000230. The second-order valence-corrected chi connectivity index (χ2v) is 15.5. The number of aliphatic hydroxyl groups is 1. The van der Waals surface area contributed by atoms with Gasteiger partial charge in [-0.3, -0.25) is 9.59 Å². The van der Waals surface area contributed by atoms with Crippen LogP contribution in [-0.2, 0) is 47.5 Å². The zero-order valence-electron chi connectivity index (χ0n) is 30.6. The quantitative estimate of drug-likeness (QED) is 0.169. The molecule has 0 aromatic heterocycles. The molecule has 0 bridgehead atoms. The first-order valence-corrected chi connectivity index (χ1v) is 17.9. The Morgan fingerprint density at radius 2 is 1.69 bits per heavy atom. The predicted octanol–water partition coefficient (Wildman–Crippen LogP) is 4.78. The second kappa shape index (κ2) is 13.1. The molecule has 1 N–H and O–H groups in total. The molecule has 0 spiro atoms. The van der Waals surface area contributed by atoms with Crippen LogP contribution in [0.3, 0.4) is 0 Å². The highest BCUT2D eigenvalue weighted by molar-refractivity contribution is 5.86. The van der Waals surface area contributed by atoms with E-state index in [0.717, 1.165) is 6.42 Å². The molecule has 0 aromatic carbocycles. The van der Waals surface area contributed by atoms with Crippen LogP contribution in [0.2, 0.25) is 0 Å². The molecule has 0 radical (unpaired) electrons. The molecule has 4 saturated carbocycles. The molecule has 6 aliphatic rings. The summed E-state index contributed by atoms with van der Waals surface area (Å²) in [5.41, 5.74) is -5.43. The molecule has 2 saturated heterocycles. The third-order valence-corrected chi connectivity index (χ3v) is 13.7. The highest BCUT2D eigenvalue weighted by Gasteiger charge is 2.89. The highest BCUT2D eigenvalue weighted by atomic mass is 16.7. The van der Waals surface area contributed by atoms with E-state index < -0.39 is 82.3 Å². The number of carbonyl (C=O) groups excluding carboxylic acids is 4. The van der Waals surface area contributed by atoms with Crippen LogP contribution in [-0.4, -0.2) is 91.7 Å². The van der Waals surface area contributed by atoms with E-state index in [2.05, 4.69) is 13.5 Å². The third kappa shape index (κ3) is 5.16. The predicted molar refractivity (Wildman–Crippen MR) is 175 cm³/mol. The lowest BCUT2D eigenvalue weighted by Crippen LogP contribution is -2.79. The van der Waals surface area contributed by atoms with Crippen LogP contribution in [0.25, 0.3) is 0 Å². The van der Waals surface area contributed by atoms with Gasteiger partial charge in [0.1, 0.15) is 24.9 Å². The molecule has 6 fully saturated rings. The lowest BCUT2D eigenvalue weighted by Gasteiger charge is -2.69. The summed E-state index contributed by atoms with van der Waals surface area (Å²) < 4.78 is 41.0. The Morgan fingerprint density at radius 3 is 2.31 bits per heavy atom. The maximum absolute atomic E-state index is 13.7. The van der Waals surface area contributed by atoms with Crippen molar-refractivity contribution >= 4 is 24.1 Å². The molecule has 276 valence electrons. The van der Waals surface area contributed by atoms with Crippen molar-refractivity contribution in [3.05, 3.63) is 12.7 Å². The number of carbonyl (C=O) groups is 4. The molecular weight excluding hydrogens is 636 g/mol. The molecule has 5 unspecified atom stereocenters. The molecular formula is C37H56O12. The summed E-state index contributed by atoms with van der Waals surface area (Å²) in [6.07, 6.45) is 0.446. The van der Waals surface area contributed by atoms with E-state index in [-0.39, 0.29) is 29.8 Å². The number of epoxide rings is 1. The van der Waals surface area contributed by atoms with E-state index in [1.54, 1.807) is 6.92 Å². The standard InChI is InChI=1S/C35H50O12.C2H6/c1-9-14-43-30(39)44-19(3)33-13-11-22-25-23(10-12-31(22,6)24(33)16-42-17-33)34(40)15-18(2)27-35(47-27,29(38)41-8)32(34,7)28(46-21(5)37)26(25)45-20(4)36;1-2/h9,18-19,22-28,40H,1,10-17H2,2-8H3;1-2H3/t18?,19?,22?,23?,24-,25?,26-,27+,28-,31+,32+,33-,34+,35-;/m0./s1. The van der Waals surface area contributed by atoms with Gasteiger partial charge in [-0.15, -0.1) is 0 Å². The highest BCUT2D eigenvalue weighted by Crippen LogP contribution is 2.75. The van der Waals surface area contributed by atoms with Gasteiger partial charge in [0, 0.05) is 25.2 Å². The summed E-state index contributed by atoms with van der Waals surface area (Å²) in [5, 5.41) is 13.2. The van der Waals surface area contributed by atoms with E-state index in [4.69, 9.17) is 33.2 Å². The average Bonchev–Trinajstić information content (AvgIpc) is 3.68. The van der Waals surface area contributed by atoms with Crippen molar-refractivity contribution in [2.45, 2.75) is 123 Å². The zero-order valence-corrected chi connectivity index (χ0v) is 30.6. The number of fused-ring (bicyclic) bond motifs is 9. The van der Waals surface area contributed by atoms with Crippen LogP contribution in [0.1, 0.15) is 87.5 Å². The largest absolute Gasteiger partial charge is 0.508 e. The average molecular weight is 693 g/mol. The van der Waals surface area contributed by atoms with Crippen LogP contribution in [0.15, 0.2) is 12.7 Å². The van der Waals surface area contributed by atoms with Gasteiger partial charge >= 0.3 is 24.1 Å². The monoisotopic (exact) mass is 692 g/mol. The van der Waals surface area contributed by atoms with Crippen LogP contribution < -0.4 is 0 Å². The van der Waals surface area contributed by atoms with Crippen LogP contribution in [0.4, 0.5) is 4.79 Å². The summed E-state index contributed by atoms with van der Waals surface area (Å²) in [4.78, 5) is 51.9. The maximum atomic E-state index is 13.7. The van der Waals surface area contributed by atoms with Crippen LogP contribution >= 0.6 is 0 Å². The molecule has 49 heavy (non-hydrogen) atoms. The van der Waals surface area contributed by atoms with Gasteiger partial charge in [-0.1, -0.05) is 40.3 Å². The van der Waals surface area contributed by atoms with Gasteiger partial charge in [0.15, 0.2) is 6.10 Å². The summed E-state index contributed by atoms with van der Waals surface area (Å²) in [6.45, 7) is 18.9. The molecule has 2 heterocycles. The number of methoxy groups -OCH3 is 1. The molecule has 12 nitrogen and oxygen atoms in total. The molecule has 14 atom stereocenters. The first kappa shape index (κ1) is 37.6. The summed E-state index contributed by atoms with van der Waals surface area (Å²) in [5.74, 6) is -2.93. The first-order chi connectivity index (χ1) is 23.1. The topological polar surface area (TPSA) is 156 Å². The SMILES string of the molecule is C=CCOC(=O)OC(C)[C@@]12CCC3C4C(CC[C@@]3(C)[C@@H]1COC2)[C@]1(O)CC(C)[C@H]2O[C@@]2(C(=O)OC)[C@]1(C)[C@@H](OC(C)=O)[C@H]4OC(C)=O.CC. The normalized spacial score (nSPS) is 46.2.